The summed E-state index contributed by atoms with van der Waals surface area (Å²) in [6.07, 6.45) is 1.89. The molecule has 4 nitrogen and oxygen atoms in total. The van der Waals surface area contributed by atoms with Crippen molar-refractivity contribution >= 4 is 22.0 Å². The van der Waals surface area contributed by atoms with Crippen LogP contribution in [0.2, 0.25) is 0 Å². The van der Waals surface area contributed by atoms with Crippen LogP contribution in [0, 0.1) is 26.8 Å². The van der Waals surface area contributed by atoms with Gasteiger partial charge in [-0.1, -0.05) is 110 Å². The summed E-state index contributed by atoms with van der Waals surface area (Å²) in [6.45, 7) is 12.9. The molecule has 5 heteroatoms. The van der Waals surface area contributed by atoms with Crippen molar-refractivity contribution in [3.63, 3.8) is 0 Å². The molecule has 0 unspecified atom stereocenters. The number of rotatable bonds is 5. The minimum Gasteiger partial charge on any atom is -0.507 e. The average Bonchev–Trinajstić information content (AvgIpc) is 3.54. The van der Waals surface area contributed by atoms with Gasteiger partial charge in [-0.25, -0.2) is 4.98 Å². The summed E-state index contributed by atoms with van der Waals surface area (Å²) in [5.74, 6) is 0.514. The summed E-state index contributed by atoms with van der Waals surface area (Å²) in [6, 6.07) is 43.3. The molecule has 0 spiro atoms. The second kappa shape index (κ2) is 13.7. The third kappa shape index (κ3) is 6.37. The molecule has 260 valence electrons. The van der Waals surface area contributed by atoms with Crippen molar-refractivity contribution in [2.45, 2.75) is 47.0 Å². The van der Waals surface area contributed by atoms with Gasteiger partial charge in [-0.05, 0) is 89.4 Å². The normalized spacial score (nSPS) is 11.6. The maximum absolute atomic E-state index is 11.0. The van der Waals surface area contributed by atoms with Crippen molar-refractivity contribution < 1.29 is 30.6 Å². The van der Waals surface area contributed by atoms with Crippen molar-refractivity contribution in [2.75, 3.05) is 0 Å². The van der Waals surface area contributed by atoms with E-state index in [4.69, 9.17) is 14.4 Å². The van der Waals surface area contributed by atoms with Gasteiger partial charge < -0.3 is 9.52 Å². The fraction of sp³-hybridized carbons (Fsp3) is 0.149. The Bertz CT molecular complexity index is 2590. The minimum absolute atomic E-state index is 0. The number of pyridine rings is 1. The van der Waals surface area contributed by atoms with Crippen LogP contribution in [0.25, 0.3) is 78.0 Å². The fourth-order valence-corrected chi connectivity index (χ4v) is 7.35. The number of para-hydroxylation sites is 1. The Morgan fingerprint density at radius 3 is 2.08 bits per heavy atom. The SMILES string of the molecule is Cc1cc(C)c(-c2cc(-c3[c-]c(-c4cccc5c(-c6ccccc6)ccnc45)ccc3)c3nc(-c4cc(C(C)(C)C)ccc4O)oc3c2)c(C)c1.[Pt]. The summed E-state index contributed by atoms with van der Waals surface area (Å²) in [4.78, 5) is 9.95. The number of aryl methyl sites for hydroxylation is 3. The zero-order chi connectivity index (χ0) is 35.4. The number of phenolic OH excluding ortho intramolecular Hbond substituents is 1. The molecule has 0 amide bonds. The van der Waals surface area contributed by atoms with Gasteiger partial charge in [-0.15, -0.1) is 35.4 Å². The first-order valence-corrected chi connectivity index (χ1v) is 17.4. The van der Waals surface area contributed by atoms with E-state index in [1.54, 1.807) is 6.07 Å². The number of aromatic hydroxyl groups is 1. The van der Waals surface area contributed by atoms with E-state index in [2.05, 4.69) is 139 Å². The molecule has 1 N–H and O–H groups in total. The molecule has 0 atom stereocenters. The number of aromatic nitrogens is 2. The molecule has 0 saturated carbocycles. The second-order valence-corrected chi connectivity index (χ2v) is 14.5. The summed E-state index contributed by atoms with van der Waals surface area (Å²) in [5, 5.41) is 12.1. The third-order valence-corrected chi connectivity index (χ3v) is 9.78. The van der Waals surface area contributed by atoms with E-state index in [0.717, 1.165) is 55.4 Å². The largest absolute Gasteiger partial charge is 0.507 e. The smallest absolute Gasteiger partial charge is 0.230 e. The molecule has 0 aliphatic carbocycles. The van der Waals surface area contributed by atoms with E-state index >= 15 is 0 Å². The Hall–Kier alpha value is -5.31. The van der Waals surface area contributed by atoms with Gasteiger partial charge in [0.25, 0.3) is 0 Å². The van der Waals surface area contributed by atoms with Gasteiger partial charge in [-0.2, -0.15) is 0 Å². The van der Waals surface area contributed by atoms with E-state index in [-0.39, 0.29) is 32.2 Å². The van der Waals surface area contributed by atoms with Gasteiger partial charge in [0.2, 0.25) is 5.89 Å². The average molecular weight is 859 g/mol. The van der Waals surface area contributed by atoms with E-state index in [1.807, 2.05) is 24.4 Å². The quantitative estimate of drug-likeness (QED) is 0.175. The molecule has 2 aromatic heterocycles. The minimum atomic E-state index is -0.110. The number of benzene rings is 6. The van der Waals surface area contributed by atoms with Gasteiger partial charge in [0.1, 0.15) is 11.3 Å². The summed E-state index contributed by atoms with van der Waals surface area (Å²) < 4.78 is 6.56. The van der Waals surface area contributed by atoms with E-state index < -0.39 is 0 Å². The Kier molecular flexibility index (Phi) is 9.23. The molecular formula is C47H39N2O2Pt-. The number of hydrogen-bond donors (Lipinski definition) is 1. The van der Waals surface area contributed by atoms with Crippen LogP contribution >= 0.6 is 0 Å². The van der Waals surface area contributed by atoms with E-state index in [9.17, 15) is 5.11 Å². The van der Waals surface area contributed by atoms with Gasteiger partial charge >= 0.3 is 0 Å². The Labute approximate surface area is 319 Å². The van der Waals surface area contributed by atoms with E-state index in [0.29, 0.717) is 22.6 Å². The first-order chi connectivity index (χ1) is 24.5. The van der Waals surface area contributed by atoms with Crippen LogP contribution in [0.5, 0.6) is 5.75 Å². The fourth-order valence-electron chi connectivity index (χ4n) is 7.35. The Morgan fingerprint density at radius 1 is 0.635 bits per heavy atom. The van der Waals surface area contributed by atoms with Crippen LogP contribution in [0.15, 0.2) is 126 Å². The number of hydrogen-bond acceptors (Lipinski definition) is 4. The number of fused-ring (bicyclic) bond motifs is 2. The van der Waals surface area contributed by atoms with Crippen LogP contribution in [0.4, 0.5) is 0 Å². The van der Waals surface area contributed by atoms with Crippen LogP contribution in [-0.4, -0.2) is 15.1 Å². The van der Waals surface area contributed by atoms with Crippen molar-refractivity contribution in [3.05, 3.63) is 150 Å². The van der Waals surface area contributed by atoms with Crippen LogP contribution in [0.1, 0.15) is 43.0 Å². The predicted molar refractivity (Wildman–Crippen MR) is 210 cm³/mol. The first kappa shape index (κ1) is 35.1. The molecule has 6 aromatic carbocycles. The molecular weight excluding hydrogens is 820 g/mol. The molecule has 52 heavy (non-hydrogen) atoms. The van der Waals surface area contributed by atoms with Crippen LogP contribution in [0.3, 0.4) is 0 Å². The molecule has 0 aliphatic rings. The molecule has 0 aliphatic heterocycles. The second-order valence-electron chi connectivity index (χ2n) is 14.5. The van der Waals surface area contributed by atoms with Crippen molar-refractivity contribution in [2.24, 2.45) is 0 Å². The molecule has 0 saturated heterocycles. The van der Waals surface area contributed by atoms with Crippen molar-refractivity contribution in [3.8, 4) is 61.7 Å². The predicted octanol–water partition coefficient (Wildman–Crippen LogP) is 12.4. The van der Waals surface area contributed by atoms with Gasteiger partial charge in [0.05, 0.1) is 11.1 Å². The maximum Gasteiger partial charge on any atom is 0.230 e. The summed E-state index contributed by atoms with van der Waals surface area (Å²) in [7, 11) is 0. The molecule has 8 aromatic rings. The molecule has 0 fully saturated rings. The Morgan fingerprint density at radius 2 is 1.35 bits per heavy atom. The molecule has 0 bridgehead atoms. The summed E-state index contributed by atoms with van der Waals surface area (Å²) in [5.41, 5.74) is 15.7. The van der Waals surface area contributed by atoms with Crippen LogP contribution in [-0.2, 0) is 26.5 Å². The molecule has 2 heterocycles. The monoisotopic (exact) mass is 858 g/mol. The maximum atomic E-state index is 11.0. The Balaban J connectivity index is 0.00000420. The number of oxazole rings is 1. The standard InChI is InChI=1S/C47H39N2O2.Pt/c1-28-22-29(2)43(30(3)23-28)34-25-39(45-42(26-34)51-46(49-45)40-27-35(47(4,5)6)18-19-41(40)50)33-15-10-14-32(24-33)37-16-11-17-38-36(20-21-48-44(37)38)31-12-8-7-9-13-31;/h7-23,25-27,50H,1-6H3;/q-1;. The van der Waals surface area contributed by atoms with Crippen molar-refractivity contribution in [1.29, 1.82) is 0 Å². The first-order valence-electron chi connectivity index (χ1n) is 17.4. The molecule has 8 rings (SSSR count). The third-order valence-electron chi connectivity index (χ3n) is 9.78. The van der Waals surface area contributed by atoms with Crippen molar-refractivity contribution in [1.82, 2.24) is 9.97 Å². The van der Waals surface area contributed by atoms with Gasteiger partial charge in [-0.3, -0.25) is 4.98 Å². The van der Waals surface area contributed by atoms with E-state index in [1.165, 1.54) is 22.3 Å². The zero-order valence-electron chi connectivity index (χ0n) is 30.1. The van der Waals surface area contributed by atoms with Gasteiger partial charge in [0, 0.05) is 38.2 Å². The topological polar surface area (TPSA) is 59.2 Å². The van der Waals surface area contributed by atoms with Gasteiger partial charge in [0.15, 0.2) is 0 Å². The van der Waals surface area contributed by atoms with Crippen LogP contribution < -0.4 is 0 Å². The molecule has 0 radical (unpaired) electrons. The number of nitrogens with zero attached hydrogens (tertiary/aromatic N) is 2. The number of phenols is 1. The zero-order valence-corrected chi connectivity index (χ0v) is 32.4. The summed E-state index contributed by atoms with van der Waals surface area (Å²) >= 11 is 0.